The molecule has 0 bridgehead atoms. The van der Waals surface area contributed by atoms with Gasteiger partial charge in [0.2, 0.25) is 0 Å². The molecule has 15 heavy (non-hydrogen) atoms. The third-order valence-electron chi connectivity index (χ3n) is 3.70. The molecule has 0 saturated carbocycles. The second-order valence-corrected chi connectivity index (χ2v) is 4.84. The van der Waals surface area contributed by atoms with Crippen molar-refractivity contribution in [3.05, 3.63) is 46.5 Å². The van der Waals surface area contributed by atoms with Crippen molar-refractivity contribution in [1.29, 1.82) is 0 Å². The molecular formula is C15H22. The minimum absolute atomic E-state index is 0.144. The predicted octanol–water partition coefficient (Wildman–Crippen LogP) is 4.55. The van der Waals surface area contributed by atoms with Gasteiger partial charge >= 0.3 is 0 Å². The highest BCUT2D eigenvalue weighted by atomic mass is 14.3. The molecule has 1 aromatic carbocycles. The second kappa shape index (κ2) is 4.22. The van der Waals surface area contributed by atoms with Crippen LogP contribution in [-0.4, -0.2) is 0 Å². The molecule has 0 aliphatic heterocycles. The van der Waals surface area contributed by atoms with Crippen LogP contribution in [0.15, 0.2) is 29.8 Å². The number of allylic oxidation sites excluding steroid dienone is 2. The molecule has 0 amide bonds. The molecule has 0 fully saturated rings. The van der Waals surface area contributed by atoms with E-state index in [9.17, 15) is 0 Å². The summed E-state index contributed by atoms with van der Waals surface area (Å²) in [5.74, 6) is 0. The number of rotatable bonds is 2. The molecule has 0 unspecified atom stereocenters. The molecule has 0 heteroatoms. The molecule has 1 rings (SSSR count). The minimum Gasteiger partial charge on any atom is -0.0879 e. The number of hydrogen-bond donors (Lipinski definition) is 0. The lowest BCUT2D eigenvalue weighted by molar-refractivity contribution is 0.617. The molecule has 0 atom stereocenters. The molecule has 0 N–H and O–H groups in total. The lowest BCUT2D eigenvalue weighted by Gasteiger charge is -2.29. The van der Waals surface area contributed by atoms with E-state index in [2.05, 4.69) is 65.8 Å². The highest BCUT2D eigenvalue weighted by molar-refractivity contribution is 5.42. The van der Waals surface area contributed by atoms with Crippen molar-refractivity contribution < 1.29 is 0 Å². The Hall–Kier alpha value is -1.04. The molecular weight excluding hydrogens is 180 g/mol. The Bertz CT molecular complexity index is 381. The topological polar surface area (TPSA) is 0 Å². The average molecular weight is 202 g/mol. The summed E-state index contributed by atoms with van der Waals surface area (Å²) in [5, 5.41) is 0. The lowest BCUT2D eigenvalue weighted by Crippen LogP contribution is -2.20. The van der Waals surface area contributed by atoms with Gasteiger partial charge < -0.3 is 0 Å². The van der Waals surface area contributed by atoms with Crippen molar-refractivity contribution in [2.24, 2.45) is 0 Å². The zero-order valence-corrected chi connectivity index (χ0v) is 10.8. The monoisotopic (exact) mass is 202 g/mol. The van der Waals surface area contributed by atoms with Gasteiger partial charge in [-0.05, 0) is 44.4 Å². The third-order valence-corrected chi connectivity index (χ3v) is 3.70. The zero-order chi connectivity index (χ0) is 11.6. The Labute approximate surface area is 94.0 Å². The van der Waals surface area contributed by atoms with Crippen LogP contribution in [0.2, 0.25) is 0 Å². The van der Waals surface area contributed by atoms with Gasteiger partial charge in [-0.3, -0.25) is 0 Å². The van der Waals surface area contributed by atoms with E-state index in [1.165, 1.54) is 22.3 Å². The van der Waals surface area contributed by atoms with Gasteiger partial charge in [-0.2, -0.15) is 0 Å². The van der Waals surface area contributed by atoms with Crippen LogP contribution >= 0.6 is 0 Å². The van der Waals surface area contributed by atoms with Crippen LogP contribution in [-0.2, 0) is 5.41 Å². The summed E-state index contributed by atoms with van der Waals surface area (Å²) < 4.78 is 0. The Balaban J connectivity index is 3.33. The molecule has 0 aliphatic carbocycles. The normalized spacial score (nSPS) is 13.1. The van der Waals surface area contributed by atoms with Crippen LogP contribution in [0, 0.1) is 13.8 Å². The van der Waals surface area contributed by atoms with Crippen molar-refractivity contribution >= 4 is 0 Å². The molecule has 0 spiro atoms. The van der Waals surface area contributed by atoms with Crippen molar-refractivity contribution in [1.82, 2.24) is 0 Å². The smallest absolute Gasteiger partial charge is 0.0105 e. The van der Waals surface area contributed by atoms with E-state index in [0.717, 1.165) is 0 Å². The molecule has 0 nitrogen and oxygen atoms in total. The number of aryl methyl sites for hydroxylation is 1. The summed E-state index contributed by atoms with van der Waals surface area (Å²) >= 11 is 0. The van der Waals surface area contributed by atoms with Gasteiger partial charge in [-0.1, -0.05) is 43.7 Å². The zero-order valence-electron chi connectivity index (χ0n) is 10.8. The van der Waals surface area contributed by atoms with E-state index in [0.29, 0.717) is 0 Å². The predicted molar refractivity (Wildman–Crippen MR) is 68.4 cm³/mol. The third kappa shape index (κ3) is 2.14. The molecule has 0 heterocycles. The molecule has 0 radical (unpaired) electrons. The fraction of sp³-hybridized carbons (Fsp3) is 0.467. The maximum absolute atomic E-state index is 2.30. The maximum atomic E-state index is 2.30. The van der Waals surface area contributed by atoms with Crippen LogP contribution in [0.4, 0.5) is 0 Å². The van der Waals surface area contributed by atoms with Gasteiger partial charge in [0.05, 0.1) is 0 Å². The van der Waals surface area contributed by atoms with Crippen LogP contribution in [0.1, 0.15) is 44.4 Å². The number of hydrogen-bond acceptors (Lipinski definition) is 0. The maximum Gasteiger partial charge on any atom is 0.0105 e. The van der Waals surface area contributed by atoms with Crippen molar-refractivity contribution in [2.45, 2.75) is 47.0 Å². The first-order valence-electron chi connectivity index (χ1n) is 5.61. The summed E-state index contributed by atoms with van der Waals surface area (Å²) in [7, 11) is 0. The quantitative estimate of drug-likeness (QED) is 0.617. The molecule has 1 aromatic rings. The van der Waals surface area contributed by atoms with Gasteiger partial charge in [0.1, 0.15) is 0 Å². The van der Waals surface area contributed by atoms with Crippen LogP contribution in [0.5, 0.6) is 0 Å². The van der Waals surface area contributed by atoms with Gasteiger partial charge in [0.15, 0.2) is 0 Å². The fourth-order valence-corrected chi connectivity index (χ4v) is 2.00. The molecule has 0 aliphatic rings. The van der Waals surface area contributed by atoms with E-state index in [4.69, 9.17) is 0 Å². The second-order valence-electron chi connectivity index (χ2n) is 4.84. The van der Waals surface area contributed by atoms with E-state index in [1.54, 1.807) is 0 Å². The van der Waals surface area contributed by atoms with Gasteiger partial charge in [-0.15, -0.1) is 0 Å². The van der Waals surface area contributed by atoms with Crippen LogP contribution < -0.4 is 0 Å². The van der Waals surface area contributed by atoms with E-state index in [-0.39, 0.29) is 5.41 Å². The average Bonchev–Trinajstić information content (AvgIpc) is 2.20. The van der Waals surface area contributed by atoms with E-state index >= 15 is 0 Å². The first-order chi connectivity index (χ1) is 6.91. The number of benzene rings is 1. The van der Waals surface area contributed by atoms with Crippen molar-refractivity contribution in [3.8, 4) is 0 Å². The Morgan fingerprint density at radius 3 is 2.33 bits per heavy atom. The SMILES string of the molecule is CC=C(C)C(C)(C)c1cccc(C)c1C. The summed E-state index contributed by atoms with van der Waals surface area (Å²) in [5.41, 5.74) is 5.81. The standard InChI is InChI=1S/C15H22/c1-7-12(3)15(5,6)14-10-8-9-11(2)13(14)4/h7-10H,1-6H3. The van der Waals surface area contributed by atoms with Gasteiger partial charge in [0.25, 0.3) is 0 Å². The highest BCUT2D eigenvalue weighted by Gasteiger charge is 2.24. The first kappa shape index (κ1) is 12.0. The first-order valence-corrected chi connectivity index (χ1v) is 5.61. The van der Waals surface area contributed by atoms with Gasteiger partial charge in [0, 0.05) is 5.41 Å². The summed E-state index contributed by atoms with van der Waals surface area (Å²) in [4.78, 5) is 0. The highest BCUT2D eigenvalue weighted by Crippen LogP contribution is 2.33. The van der Waals surface area contributed by atoms with Crippen molar-refractivity contribution in [3.63, 3.8) is 0 Å². The summed E-state index contributed by atoms with van der Waals surface area (Å²) in [6.45, 7) is 13.3. The minimum atomic E-state index is 0.144. The van der Waals surface area contributed by atoms with E-state index in [1.807, 2.05) is 0 Å². The van der Waals surface area contributed by atoms with Crippen LogP contribution in [0.3, 0.4) is 0 Å². The Morgan fingerprint density at radius 1 is 1.20 bits per heavy atom. The van der Waals surface area contributed by atoms with E-state index < -0.39 is 0 Å². The van der Waals surface area contributed by atoms with Gasteiger partial charge in [-0.25, -0.2) is 0 Å². The van der Waals surface area contributed by atoms with Crippen molar-refractivity contribution in [2.75, 3.05) is 0 Å². The largest absolute Gasteiger partial charge is 0.0879 e. The Kier molecular flexibility index (Phi) is 3.38. The molecule has 0 aromatic heterocycles. The van der Waals surface area contributed by atoms with Crippen LogP contribution in [0.25, 0.3) is 0 Å². The fourth-order valence-electron chi connectivity index (χ4n) is 2.00. The summed E-state index contributed by atoms with van der Waals surface area (Å²) in [6, 6.07) is 6.58. The lowest BCUT2D eigenvalue weighted by atomic mass is 9.75. The Morgan fingerprint density at radius 2 is 1.80 bits per heavy atom. The molecule has 0 saturated heterocycles. The summed E-state index contributed by atoms with van der Waals surface area (Å²) in [6.07, 6.45) is 2.21. The molecule has 82 valence electrons.